The van der Waals surface area contributed by atoms with Crippen molar-refractivity contribution in [3.8, 4) is 11.5 Å². The van der Waals surface area contributed by atoms with Crippen molar-refractivity contribution in [3.05, 3.63) is 33.4 Å². The Morgan fingerprint density at radius 2 is 1.80 bits per heavy atom. The predicted octanol–water partition coefficient (Wildman–Crippen LogP) is 3.84. The van der Waals surface area contributed by atoms with Gasteiger partial charge in [0.25, 0.3) is 0 Å². The first kappa shape index (κ1) is 22.5. The molecule has 1 aromatic carbocycles. The molecule has 0 radical (unpaired) electrons. The van der Waals surface area contributed by atoms with Crippen LogP contribution in [0.25, 0.3) is 0 Å². The SMILES string of the molecule is COCCOC(=O)C1=C(C)N=C2CCCC(=O)C2C1c1cc(OC)c(OC)cc1Br. The smallest absolute Gasteiger partial charge is 0.336 e. The van der Waals surface area contributed by atoms with E-state index >= 15 is 0 Å². The monoisotopic (exact) mass is 479 g/mol. The Morgan fingerprint density at radius 1 is 1.10 bits per heavy atom. The van der Waals surface area contributed by atoms with Crippen molar-refractivity contribution in [2.45, 2.75) is 32.1 Å². The van der Waals surface area contributed by atoms with Gasteiger partial charge in [-0.3, -0.25) is 9.79 Å². The number of methoxy groups -OCH3 is 3. The van der Waals surface area contributed by atoms with Crippen LogP contribution in [0.1, 0.15) is 37.7 Å². The summed E-state index contributed by atoms with van der Waals surface area (Å²) in [5, 5.41) is 0. The summed E-state index contributed by atoms with van der Waals surface area (Å²) in [5.41, 5.74) is 2.55. The highest BCUT2D eigenvalue weighted by atomic mass is 79.9. The molecule has 0 bridgehead atoms. The summed E-state index contributed by atoms with van der Waals surface area (Å²) in [5.74, 6) is -0.347. The number of hydrogen-bond acceptors (Lipinski definition) is 7. The lowest BCUT2D eigenvalue weighted by Crippen LogP contribution is -2.39. The summed E-state index contributed by atoms with van der Waals surface area (Å²) < 4.78 is 22.0. The van der Waals surface area contributed by atoms with Crippen LogP contribution >= 0.6 is 15.9 Å². The summed E-state index contributed by atoms with van der Waals surface area (Å²) in [6, 6.07) is 3.60. The van der Waals surface area contributed by atoms with Crippen LogP contribution in [0.15, 0.2) is 32.9 Å². The highest BCUT2D eigenvalue weighted by Gasteiger charge is 2.44. The summed E-state index contributed by atoms with van der Waals surface area (Å²) >= 11 is 3.60. The van der Waals surface area contributed by atoms with Crippen LogP contribution < -0.4 is 9.47 Å². The first-order valence-electron chi connectivity index (χ1n) is 9.81. The van der Waals surface area contributed by atoms with Crippen LogP contribution in [-0.2, 0) is 19.1 Å². The number of fused-ring (bicyclic) bond motifs is 1. The van der Waals surface area contributed by atoms with Crippen LogP contribution in [-0.4, -0.2) is 52.0 Å². The number of esters is 1. The van der Waals surface area contributed by atoms with Crippen molar-refractivity contribution >= 4 is 33.4 Å². The van der Waals surface area contributed by atoms with Gasteiger partial charge in [-0.15, -0.1) is 0 Å². The van der Waals surface area contributed by atoms with Gasteiger partial charge in [0, 0.05) is 35.3 Å². The topological polar surface area (TPSA) is 83.4 Å². The number of ether oxygens (including phenoxy) is 4. The number of carbonyl (C=O) groups excluding carboxylic acids is 2. The molecule has 1 aliphatic heterocycles. The van der Waals surface area contributed by atoms with Crippen LogP contribution in [0.2, 0.25) is 0 Å². The van der Waals surface area contributed by atoms with Gasteiger partial charge in [0.15, 0.2) is 11.5 Å². The van der Waals surface area contributed by atoms with Crippen molar-refractivity contribution in [1.82, 2.24) is 0 Å². The maximum absolute atomic E-state index is 13.0. The highest BCUT2D eigenvalue weighted by Crippen LogP contribution is 2.47. The molecule has 0 amide bonds. The molecule has 2 unspecified atom stereocenters. The van der Waals surface area contributed by atoms with Crippen LogP contribution in [0, 0.1) is 5.92 Å². The second-order valence-corrected chi connectivity index (χ2v) is 8.09. The van der Waals surface area contributed by atoms with Crippen LogP contribution in [0.5, 0.6) is 11.5 Å². The second-order valence-electron chi connectivity index (χ2n) is 7.23. The van der Waals surface area contributed by atoms with Gasteiger partial charge in [0.2, 0.25) is 0 Å². The minimum Gasteiger partial charge on any atom is -0.493 e. The molecule has 7 nitrogen and oxygen atoms in total. The Labute approximate surface area is 184 Å². The van der Waals surface area contributed by atoms with Gasteiger partial charge in [0.05, 0.1) is 32.3 Å². The van der Waals surface area contributed by atoms with E-state index in [0.29, 0.717) is 35.8 Å². The third-order valence-electron chi connectivity index (χ3n) is 5.49. The molecule has 30 heavy (non-hydrogen) atoms. The fourth-order valence-corrected chi connectivity index (χ4v) is 4.69. The Hall–Kier alpha value is -2.19. The lowest BCUT2D eigenvalue weighted by molar-refractivity contribution is -0.140. The zero-order chi connectivity index (χ0) is 21.8. The van der Waals surface area contributed by atoms with Gasteiger partial charge < -0.3 is 18.9 Å². The molecular weight excluding hydrogens is 454 g/mol. The number of carbonyl (C=O) groups is 2. The molecule has 1 aliphatic carbocycles. The zero-order valence-electron chi connectivity index (χ0n) is 17.6. The molecule has 2 aliphatic rings. The maximum Gasteiger partial charge on any atom is 0.336 e. The molecule has 0 N–H and O–H groups in total. The lowest BCUT2D eigenvalue weighted by Gasteiger charge is -2.36. The van der Waals surface area contributed by atoms with E-state index in [2.05, 4.69) is 20.9 Å². The van der Waals surface area contributed by atoms with Gasteiger partial charge >= 0.3 is 5.97 Å². The predicted molar refractivity (Wildman–Crippen MR) is 115 cm³/mol. The lowest BCUT2D eigenvalue weighted by atomic mass is 9.69. The molecular formula is C22H26BrNO6. The van der Waals surface area contributed by atoms with Crippen molar-refractivity contribution in [1.29, 1.82) is 0 Å². The average Bonchev–Trinajstić information content (AvgIpc) is 2.72. The summed E-state index contributed by atoms with van der Waals surface area (Å²) in [6.45, 7) is 2.21. The summed E-state index contributed by atoms with van der Waals surface area (Å²) in [6.07, 6.45) is 1.98. The molecule has 0 saturated heterocycles. The van der Waals surface area contributed by atoms with Gasteiger partial charge in [-0.1, -0.05) is 15.9 Å². The van der Waals surface area contributed by atoms with E-state index in [1.54, 1.807) is 34.3 Å². The summed E-state index contributed by atoms with van der Waals surface area (Å²) in [7, 11) is 4.65. The van der Waals surface area contributed by atoms with E-state index in [1.165, 1.54) is 0 Å². The van der Waals surface area contributed by atoms with Gasteiger partial charge in [-0.25, -0.2) is 4.79 Å². The van der Waals surface area contributed by atoms with Crippen LogP contribution in [0.4, 0.5) is 0 Å². The average molecular weight is 480 g/mol. The number of ketones is 1. The molecule has 2 atom stereocenters. The number of nitrogens with zero attached hydrogens (tertiary/aromatic N) is 1. The van der Waals surface area contributed by atoms with E-state index in [0.717, 1.165) is 28.6 Å². The third kappa shape index (κ3) is 4.30. The number of aliphatic imine (C=N–C) groups is 1. The Bertz CT molecular complexity index is 907. The molecule has 1 aromatic rings. The number of Topliss-reactive ketones (excluding diaryl/α,β-unsaturated/α-hetero) is 1. The van der Waals surface area contributed by atoms with E-state index in [4.69, 9.17) is 18.9 Å². The normalized spacial score (nSPS) is 21.1. The summed E-state index contributed by atoms with van der Waals surface area (Å²) in [4.78, 5) is 30.7. The highest BCUT2D eigenvalue weighted by molar-refractivity contribution is 9.10. The van der Waals surface area contributed by atoms with E-state index < -0.39 is 17.8 Å². The molecule has 0 spiro atoms. The number of allylic oxidation sites excluding steroid dienone is 1. The molecule has 1 fully saturated rings. The Kier molecular flexibility index (Phi) is 7.31. The maximum atomic E-state index is 13.0. The number of hydrogen-bond donors (Lipinski definition) is 0. The van der Waals surface area contributed by atoms with Crippen molar-refractivity contribution in [3.63, 3.8) is 0 Å². The first-order chi connectivity index (χ1) is 14.4. The van der Waals surface area contributed by atoms with E-state index in [9.17, 15) is 9.59 Å². The van der Waals surface area contributed by atoms with Crippen molar-refractivity contribution in [2.24, 2.45) is 10.9 Å². The fourth-order valence-electron chi connectivity index (χ4n) is 4.13. The number of rotatable bonds is 7. The minimum absolute atomic E-state index is 0.0846. The molecule has 162 valence electrons. The standard InChI is InChI=1S/C22H26BrNO6/c1-12-19(22(26)30-9-8-27-2)20(21-15(24-12)6-5-7-16(21)25)13-10-17(28-3)18(29-4)11-14(13)23/h10-11,20-21H,5-9H2,1-4H3. The second kappa shape index (κ2) is 9.75. The minimum atomic E-state index is -0.519. The van der Waals surface area contributed by atoms with Gasteiger partial charge in [-0.05, 0) is 37.5 Å². The first-order valence-corrected chi connectivity index (χ1v) is 10.6. The van der Waals surface area contributed by atoms with Gasteiger partial charge in [0.1, 0.15) is 12.4 Å². The third-order valence-corrected chi connectivity index (χ3v) is 6.17. The molecule has 0 aromatic heterocycles. The number of benzene rings is 1. The fraction of sp³-hybridized carbons (Fsp3) is 0.500. The van der Waals surface area contributed by atoms with Crippen molar-refractivity contribution in [2.75, 3.05) is 34.5 Å². The number of halogens is 1. The molecule has 3 rings (SSSR count). The Balaban J connectivity index is 2.15. The molecule has 1 saturated carbocycles. The van der Waals surface area contributed by atoms with Crippen LogP contribution in [0.3, 0.4) is 0 Å². The Morgan fingerprint density at radius 3 is 2.47 bits per heavy atom. The molecule has 8 heteroatoms. The van der Waals surface area contributed by atoms with E-state index in [-0.39, 0.29) is 12.4 Å². The molecule has 1 heterocycles. The zero-order valence-corrected chi connectivity index (χ0v) is 19.2. The van der Waals surface area contributed by atoms with Gasteiger partial charge in [-0.2, -0.15) is 0 Å². The van der Waals surface area contributed by atoms with E-state index in [1.807, 2.05) is 6.07 Å². The quantitative estimate of drug-likeness (QED) is 0.436. The largest absolute Gasteiger partial charge is 0.493 e. The van der Waals surface area contributed by atoms with Crippen molar-refractivity contribution < 1.29 is 28.5 Å².